The van der Waals surface area contributed by atoms with Crippen molar-refractivity contribution >= 4 is 76.8 Å². The summed E-state index contributed by atoms with van der Waals surface area (Å²) in [4.78, 5) is 9.81. The Morgan fingerprint density at radius 1 is 0.429 bits per heavy atom. The average Bonchev–Trinajstić information content (AvgIpc) is 3.83. The van der Waals surface area contributed by atoms with Crippen LogP contribution in [0.5, 0.6) is 0 Å². The Bertz CT molecular complexity index is 2730. The first-order chi connectivity index (χ1) is 26.4. The van der Waals surface area contributed by atoms with Gasteiger partial charge in [0.2, 0.25) is 0 Å². The van der Waals surface area contributed by atoms with Crippen LogP contribution in [0.3, 0.4) is 0 Å². The van der Waals surface area contributed by atoms with Crippen LogP contribution in [0.25, 0.3) is 67.4 Å². The fourth-order valence-electron chi connectivity index (χ4n) is 9.89. The molecular weight excluding hydrogens is 819 g/mol. The molecular formula is C50H42Cl2N2SiZr. The molecule has 2 heterocycles. The molecule has 0 N–H and O–H groups in total. The van der Waals surface area contributed by atoms with Crippen molar-refractivity contribution in [1.82, 2.24) is 9.97 Å². The minimum atomic E-state index is -4.14. The second-order valence-corrected chi connectivity index (χ2v) is 46.6. The summed E-state index contributed by atoms with van der Waals surface area (Å²) in [6, 6.07) is 58.0. The molecule has 2 aliphatic rings. The Balaban J connectivity index is 0.00000220. The van der Waals surface area contributed by atoms with Crippen LogP contribution in [0, 0.1) is 0 Å². The molecule has 0 saturated carbocycles. The first-order valence-electron chi connectivity index (χ1n) is 18.9. The maximum atomic E-state index is 4.91. The number of aromatic nitrogens is 2. The summed E-state index contributed by atoms with van der Waals surface area (Å²) < 4.78 is 6.06. The molecule has 0 amide bonds. The Morgan fingerprint density at radius 2 is 0.804 bits per heavy atom. The molecule has 8 aromatic rings. The molecule has 56 heavy (non-hydrogen) atoms. The zero-order valence-electron chi connectivity index (χ0n) is 31.4. The van der Waals surface area contributed by atoms with E-state index in [9.17, 15) is 0 Å². The minimum absolute atomic E-state index is 0. The predicted octanol–water partition coefficient (Wildman–Crippen LogP) is 13.2. The van der Waals surface area contributed by atoms with E-state index in [0.29, 0.717) is 0 Å². The average molecular weight is 861 g/mol. The summed E-state index contributed by atoms with van der Waals surface area (Å²) in [7, 11) is 0. The summed E-state index contributed by atoms with van der Waals surface area (Å²) in [5.41, 5.74) is 18.2. The molecule has 6 heteroatoms. The second kappa shape index (κ2) is 14.7. The van der Waals surface area contributed by atoms with Crippen LogP contribution in [-0.2, 0) is 17.4 Å². The summed E-state index contributed by atoms with van der Waals surface area (Å²) in [6.07, 6.45) is 8.92. The SMILES string of the molecule is Cl.Cl.[CH3][Zr]([CH3])(=[SiH2])([CH]1C(c2ccccc2)=Cc2c(-c3cccc4cccnc34)cccc21)[CH]1C(c2ccccc2)=Cc2c(-c3cccc4cccnc34)cccc21. The number of nitrogens with zero attached hydrogens (tertiary/aromatic N) is 2. The van der Waals surface area contributed by atoms with Gasteiger partial charge in [-0.1, -0.05) is 0 Å². The number of hydrogen-bond donors (Lipinski definition) is 0. The molecule has 6 aromatic carbocycles. The molecule has 2 nitrogen and oxygen atoms in total. The first-order valence-corrected chi connectivity index (χ1v) is 32.6. The topological polar surface area (TPSA) is 25.8 Å². The number of benzene rings is 6. The number of halogens is 2. The van der Waals surface area contributed by atoms with Gasteiger partial charge < -0.3 is 0 Å². The van der Waals surface area contributed by atoms with Crippen LogP contribution in [-0.4, -0.2) is 16.8 Å². The first kappa shape index (κ1) is 38.2. The van der Waals surface area contributed by atoms with Gasteiger partial charge in [-0.05, 0) is 0 Å². The van der Waals surface area contributed by atoms with E-state index >= 15 is 0 Å². The molecule has 2 aromatic heterocycles. The van der Waals surface area contributed by atoms with E-state index in [1.54, 1.807) is 0 Å². The van der Waals surface area contributed by atoms with Crippen molar-refractivity contribution in [2.75, 3.05) is 0 Å². The zero-order valence-corrected chi connectivity index (χ0v) is 36.9. The van der Waals surface area contributed by atoms with E-state index in [2.05, 4.69) is 174 Å². The molecule has 0 radical (unpaired) electrons. The maximum absolute atomic E-state index is 4.91. The molecule has 274 valence electrons. The Morgan fingerprint density at radius 3 is 1.23 bits per heavy atom. The summed E-state index contributed by atoms with van der Waals surface area (Å²) in [5.74, 6) is 0. The van der Waals surface area contributed by atoms with Crippen molar-refractivity contribution in [3.63, 3.8) is 0 Å². The number of fused-ring (bicyclic) bond motifs is 4. The third kappa shape index (κ3) is 6.10. The molecule has 0 spiro atoms. The van der Waals surface area contributed by atoms with Gasteiger partial charge in [-0.3, -0.25) is 0 Å². The molecule has 10 rings (SSSR count). The van der Waals surface area contributed by atoms with Gasteiger partial charge in [-0.15, -0.1) is 24.8 Å². The van der Waals surface area contributed by atoms with Crippen LogP contribution in [0.2, 0.25) is 9.26 Å². The van der Waals surface area contributed by atoms with Crippen LogP contribution < -0.4 is 0 Å². The Hall–Kier alpha value is -4.70. The fraction of sp³-hybridized carbons (Fsp3) is 0.0800. The van der Waals surface area contributed by atoms with Gasteiger partial charge in [0.25, 0.3) is 0 Å². The van der Waals surface area contributed by atoms with Crippen molar-refractivity contribution in [2.24, 2.45) is 0 Å². The van der Waals surface area contributed by atoms with E-state index in [1.807, 2.05) is 24.5 Å². The molecule has 0 fully saturated rings. The number of pyridine rings is 2. The van der Waals surface area contributed by atoms with Crippen molar-refractivity contribution < 1.29 is 17.4 Å². The Labute approximate surface area is 343 Å². The third-order valence-electron chi connectivity index (χ3n) is 12.1. The second-order valence-electron chi connectivity index (χ2n) is 16.1. The molecule has 0 aliphatic heterocycles. The fourth-order valence-corrected chi connectivity index (χ4v) is 28.4. The van der Waals surface area contributed by atoms with E-state index in [0.717, 1.165) is 11.0 Å². The summed E-state index contributed by atoms with van der Waals surface area (Å²) in [6.45, 7) is 2.41. The van der Waals surface area contributed by atoms with Crippen molar-refractivity contribution in [1.29, 1.82) is 0 Å². The zero-order chi connectivity index (χ0) is 36.5. The quantitative estimate of drug-likeness (QED) is 0.156. The standard InChI is InChI=1S/2C24H16N.2CH3.2ClH.H2Si.Zr/c2*1-2-7-17(8-3-1)20-15-19-10-5-12-21(23(19)16-20)22-13-4-9-18-11-6-14-25-24(18)22;;;;;;/h2*1-16H;2*1H3;2*1H;1H2;. The molecule has 2 unspecified atom stereocenters. The van der Waals surface area contributed by atoms with Gasteiger partial charge in [0.05, 0.1) is 0 Å². The van der Waals surface area contributed by atoms with Gasteiger partial charge >= 0.3 is 322 Å². The number of para-hydroxylation sites is 2. The van der Waals surface area contributed by atoms with Crippen LogP contribution in [0.1, 0.15) is 40.6 Å². The van der Waals surface area contributed by atoms with Crippen LogP contribution in [0.4, 0.5) is 0 Å². The molecule has 2 atom stereocenters. The summed E-state index contributed by atoms with van der Waals surface area (Å²) >= 11 is -4.14. The van der Waals surface area contributed by atoms with Gasteiger partial charge in [0.15, 0.2) is 0 Å². The van der Waals surface area contributed by atoms with Gasteiger partial charge in [0, 0.05) is 0 Å². The van der Waals surface area contributed by atoms with E-state index in [1.165, 1.54) is 77.6 Å². The number of allylic oxidation sites excluding steroid dienone is 2. The number of rotatable bonds is 6. The summed E-state index contributed by atoms with van der Waals surface area (Å²) in [5, 5.41) is 2.33. The van der Waals surface area contributed by atoms with E-state index in [4.69, 9.17) is 9.97 Å². The van der Waals surface area contributed by atoms with Crippen molar-refractivity contribution in [3.8, 4) is 22.3 Å². The molecule has 0 bridgehead atoms. The molecule has 0 saturated heterocycles. The van der Waals surface area contributed by atoms with E-state index < -0.39 is 17.4 Å². The van der Waals surface area contributed by atoms with Crippen LogP contribution in [0.15, 0.2) is 170 Å². The Kier molecular flexibility index (Phi) is 10.0. The number of hydrogen-bond acceptors (Lipinski definition) is 2. The van der Waals surface area contributed by atoms with Crippen molar-refractivity contribution in [3.05, 3.63) is 203 Å². The van der Waals surface area contributed by atoms with Crippen molar-refractivity contribution in [2.45, 2.75) is 16.5 Å². The third-order valence-corrected chi connectivity index (χ3v) is 29.3. The van der Waals surface area contributed by atoms with Crippen LogP contribution >= 0.6 is 24.8 Å². The van der Waals surface area contributed by atoms with Gasteiger partial charge in [-0.25, -0.2) is 0 Å². The van der Waals surface area contributed by atoms with Gasteiger partial charge in [0.1, 0.15) is 0 Å². The van der Waals surface area contributed by atoms with Gasteiger partial charge in [-0.2, -0.15) is 0 Å². The normalized spacial score (nSPS) is 16.0. The monoisotopic (exact) mass is 858 g/mol. The predicted molar refractivity (Wildman–Crippen MR) is 243 cm³/mol. The molecule has 2 aliphatic carbocycles. The van der Waals surface area contributed by atoms with E-state index in [-0.39, 0.29) is 32.1 Å².